The maximum Gasteiger partial charge on any atom is -0.00139 e. The molecule has 0 aliphatic heterocycles. The van der Waals surface area contributed by atoms with Crippen LogP contribution in [0.3, 0.4) is 0 Å². The van der Waals surface area contributed by atoms with Crippen molar-refractivity contribution in [3.63, 3.8) is 0 Å². The summed E-state index contributed by atoms with van der Waals surface area (Å²) in [7, 11) is 0. The fourth-order valence-electron chi connectivity index (χ4n) is 12.3. The van der Waals surface area contributed by atoms with Gasteiger partial charge >= 0.3 is 0 Å². The summed E-state index contributed by atoms with van der Waals surface area (Å²) in [5.41, 5.74) is 22.7. The number of hydrogen-bond donors (Lipinski definition) is 0. The number of rotatable bonds is 7. The molecule has 0 N–H and O–H groups in total. The first-order chi connectivity index (χ1) is 38.2. The van der Waals surface area contributed by atoms with Crippen LogP contribution in [0, 0.1) is 0 Å². The van der Waals surface area contributed by atoms with Crippen molar-refractivity contribution in [2.45, 2.75) is 105 Å². The quantitative estimate of drug-likeness (QED) is 0.140. The van der Waals surface area contributed by atoms with Crippen molar-refractivity contribution >= 4 is 43.1 Å². The van der Waals surface area contributed by atoms with Gasteiger partial charge in [0, 0.05) is 0 Å². The summed E-state index contributed by atoms with van der Waals surface area (Å²) in [4.78, 5) is 0. The van der Waals surface area contributed by atoms with E-state index < -0.39 is 0 Å². The lowest BCUT2D eigenvalue weighted by Gasteiger charge is -2.23. The van der Waals surface area contributed by atoms with E-state index in [1.807, 2.05) is 0 Å². The highest BCUT2D eigenvalue weighted by molar-refractivity contribution is 6.30. The Hall–Kier alpha value is -8.32. The van der Waals surface area contributed by atoms with Crippen LogP contribution in [0.2, 0.25) is 0 Å². The molecule has 0 radical (unpaired) electrons. The van der Waals surface area contributed by atoms with E-state index in [2.05, 4.69) is 314 Å². The van der Waals surface area contributed by atoms with Gasteiger partial charge in [-0.15, -0.1) is 0 Å². The smallest absolute Gasteiger partial charge is 0.00139 e. The summed E-state index contributed by atoms with van der Waals surface area (Å²) in [6, 6.07) is 88.3. The lowest BCUT2D eigenvalue weighted by atomic mass is 9.80. The van der Waals surface area contributed by atoms with Crippen LogP contribution in [-0.4, -0.2) is 0 Å². The van der Waals surface area contributed by atoms with Crippen molar-refractivity contribution in [2.24, 2.45) is 0 Å². The molecule has 0 bridgehead atoms. The van der Waals surface area contributed by atoms with Crippen molar-refractivity contribution in [1.82, 2.24) is 0 Å². The lowest BCUT2D eigenvalue weighted by molar-refractivity contribution is 0.590. The molecule has 0 heterocycles. The standard InChI is InChI=1S/C80H74/c1-77(2,3)61-37-29-51(30-38-61)55-45-56(52-31-39-62(40-32-52)78(4,5)6)48-59(47-55)73-65-21-13-17-25-69(65)75(70-26-18-14-22-66(70)73)76-71-27-19-15-23-67(71)74(68-24-16-20-28-72(68)76)60-49-57(53-33-41-63(42-34-53)79(7,8)9)46-58(50-60)54-35-43-64(44-36-54)80(10,11)12/h13-50H,1-12H3. The maximum absolute atomic E-state index is 2.44. The van der Waals surface area contributed by atoms with Gasteiger partial charge in [-0.05, 0) is 201 Å². The topological polar surface area (TPSA) is 0 Å². The third-order valence-corrected chi connectivity index (χ3v) is 16.9. The minimum Gasteiger partial charge on any atom is -0.0616 e. The molecule has 0 spiro atoms. The second kappa shape index (κ2) is 19.8. The molecule has 80 heavy (non-hydrogen) atoms. The molecule has 0 aromatic heterocycles. The molecule has 0 amide bonds. The second-order valence-electron chi connectivity index (χ2n) is 26.6. The number of benzene rings is 12. The molecule has 12 aromatic carbocycles. The summed E-state index contributed by atoms with van der Waals surface area (Å²) in [6.45, 7) is 27.5. The minimum atomic E-state index is 0.0598. The first-order valence-electron chi connectivity index (χ1n) is 28.8. The Bertz CT molecular complexity index is 3760. The van der Waals surface area contributed by atoms with Gasteiger partial charge in [-0.2, -0.15) is 0 Å². The number of hydrogen-bond acceptors (Lipinski definition) is 0. The molecule has 12 rings (SSSR count). The van der Waals surface area contributed by atoms with Crippen molar-refractivity contribution in [3.8, 4) is 77.9 Å². The second-order valence-corrected chi connectivity index (χ2v) is 26.6. The van der Waals surface area contributed by atoms with Gasteiger partial charge in [-0.1, -0.05) is 277 Å². The Balaban J connectivity index is 1.11. The average Bonchev–Trinajstić information content (AvgIpc) is 3.57. The molecule has 0 saturated carbocycles. The van der Waals surface area contributed by atoms with Gasteiger partial charge in [-0.25, -0.2) is 0 Å². The summed E-state index contributed by atoms with van der Waals surface area (Å²) in [6.07, 6.45) is 0. The Kier molecular flexibility index (Phi) is 13.0. The molecular formula is C80H74. The van der Waals surface area contributed by atoms with Gasteiger partial charge in [0.2, 0.25) is 0 Å². The first kappa shape index (κ1) is 52.4. The van der Waals surface area contributed by atoms with Crippen LogP contribution < -0.4 is 0 Å². The SMILES string of the molecule is CC(C)(C)c1ccc(-c2cc(-c3ccc(C(C)(C)C)cc3)cc(-c3c4ccccc4c(-c4c5ccccc5c(-c5cc(-c6ccc(C(C)(C)C)cc6)cc(-c6ccc(C(C)(C)C)cc6)c5)c5ccccc45)c4ccccc34)c2)cc1. The van der Waals surface area contributed by atoms with Crippen molar-refractivity contribution < 1.29 is 0 Å². The van der Waals surface area contributed by atoms with Crippen molar-refractivity contribution in [2.75, 3.05) is 0 Å². The summed E-state index contributed by atoms with van der Waals surface area (Å²) in [5, 5.41) is 9.90. The molecule has 12 aromatic rings. The number of fused-ring (bicyclic) bond motifs is 4. The molecule has 0 unspecified atom stereocenters. The van der Waals surface area contributed by atoms with Gasteiger partial charge in [-0.3, -0.25) is 0 Å². The minimum absolute atomic E-state index is 0.0598. The fraction of sp³-hybridized carbons (Fsp3) is 0.200. The van der Waals surface area contributed by atoms with E-state index >= 15 is 0 Å². The van der Waals surface area contributed by atoms with Gasteiger partial charge in [0.05, 0.1) is 0 Å². The highest BCUT2D eigenvalue weighted by atomic mass is 14.3. The third kappa shape index (κ3) is 9.74. The van der Waals surface area contributed by atoms with E-state index in [1.165, 1.54) is 143 Å². The van der Waals surface area contributed by atoms with Crippen LogP contribution >= 0.6 is 0 Å². The molecule has 0 aliphatic carbocycles. The predicted octanol–water partition coefficient (Wildman–Crippen LogP) is 23.2. The Labute approximate surface area is 475 Å². The van der Waals surface area contributed by atoms with Gasteiger partial charge in [0.25, 0.3) is 0 Å². The zero-order valence-electron chi connectivity index (χ0n) is 48.9. The van der Waals surface area contributed by atoms with Gasteiger partial charge < -0.3 is 0 Å². The van der Waals surface area contributed by atoms with Crippen LogP contribution in [0.25, 0.3) is 121 Å². The lowest BCUT2D eigenvalue weighted by Crippen LogP contribution is -2.10. The van der Waals surface area contributed by atoms with E-state index in [4.69, 9.17) is 0 Å². The largest absolute Gasteiger partial charge is 0.0616 e. The molecule has 0 nitrogen and oxygen atoms in total. The van der Waals surface area contributed by atoms with Crippen LogP contribution in [0.1, 0.15) is 105 Å². The first-order valence-corrected chi connectivity index (χ1v) is 28.8. The third-order valence-electron chi connectivity index (χ3n) is 16.9. The normalized spacial score (nSPS) is 12.5. The highest BCUT2D eigenvalue weighted by Crippen LogP contribution is 2.51. The zero-order chi connectivity index (χ0) is 55.9. The molecule has 0 aliphatic rings. The molecule has 0 atom stereocenters. The summed E-state index contributed by atoms with van der Waals surface area (Å²) in [5.74, 6) is 0. The molecule has 0 saturated heterocycles. The molecular weight excluding hydrogens is 961 g/mol. The molecule has 394 valence electrons. The van der Waals surface area contributed by atoms with Crippen molar-refractivity contribution in [1.29, 1.82) is 0 Å². The van der Waals surface area contributed by atoms with Crippen LogP contribution in [0.4, 0.5) is 0 Å². The van der Waals surface area contributed by atoms with E-state index in [0.29, 0.717) is 0 Å². The molecule has 0 fully saturated rings. The Morgan fingerprint density at radius 2 is 0.325 bits per heavy atom. The highest BCUT2D eigenvalue weighted by Gasteiger charge is 2.25. The Morgan fingerprint density at radius 3 is 0.500 bits per heavy atom. The van der Waals surface area contributed by atoms with Crippen LogP contribution in [-0.2, 0) is 21.7 Å². The van der Waals surface area contributed by atoms with Crippen molar-refractivity contribution in [3.05, 3.63) is 253 Å². The van der Waals surface area contributed by atoms with Crippen LogP contribution in [0.15, 0.2) is 231 Å². The van der Waals surface area contributed by atoms with E-state index in [0.717, 1.165) is 0 Å². The predicted molar refractivity (Wildman–Crippen MR) is 349 cm³/mol. The van der Waals surface area contributed by atoms with Crippen LogP contribution in [0.5, 0.6) is 0 Å². The zero-order valence-corrected chi connectivity index (χ0v) is 48.9. The maximum atomic E-state index is 2.44. The van der Waals surface area contributed by atoms with Gasteiger partial charge in [0.15, 0.2) is 0 Å². The monoisotopic (exact) mass is 1030 g/mol. The van der Waals surface area contributed by atoms with E-state index in [-0.39, 0.29) is 21.7 Å². The Morgan fingerprint density at radius 1 is 0.163 bits per heavy atom. The fourth-order valence-corrected chi connectivity index (χ4v) is 12.3. The van der Waals surface area contributed by atoms with E-state index in [9.17, 15) is 0 Å². The van der Waals surface area contributed by atoms with E-state index in [1.54, 1.807) is 0 Å². The summed E-state index contributed by atoms with van der Waals surface area (Å²) >= 11 is 0. The van der Waals surface area contributed by atoms with Gasteiger partial charge in [0.1, 0.15) is 0 Å². The molecule has 0 heteroatoms. The summed E-state index contributed by atoms with van der Waals surface area (Å²) < 4.78 is 0. The average molecular weight is 1040 g/mol.